The monoisotopic (exact) mass is 367 g/mol. The van der Waals surface area contributed by atoms with Gasteiger partial charge in [0.2, 0.25) is 0 Å². The molecule has 2 N–H and O–H groups in total. The van der Waals surface area contributed by atoms with Gasteiger partial charge in [0, 0.05) is 11.6 Å². The lowest BCUT2D eigenvalue weighted by molar-refractivity contribution is 0.618. The van der Waals surface area contributed by atoms with Crippen molar-refractivity contribution in [3.05, 3.63) is 51.7 Å². The minimum Gasteiger partial charge on any atom is -0.398 e. The summed E-state index contributed by atoms with van der Waals surface area (Å²) in [4.78, 5) is 0. The molecule has 3 rings (SSSR count). The van der Waals surface area contributed by atoms with Gasteiger partial charge < -0.3 is 5.73 Å². The maximum Gasteiger partial charge on any atom is 0.188 e. The van der Waals surface area contributed by atoms with Gasteiger partial charge in [-0.3, -0.25) is 0 Å². The summed E-state index contributed by atoms with van der Waals surface area (Å²) >= 11 is 9.29. The summed E-state index contributed by atoms with van der Waals surface area (Å²) in [6.45, 7) is 0. The lowest BCUT2D eigenvalue weighted by atomic mass is 10.2. The van der Waals surface area contributed by atoms with Crippen molar-refractivity contribution >= 4 is 33.2 Å². The molecule has 0 spiro atoms. The Balaban J connectivity index is 2.17. The van der Waals surface area contributed by atoms with Gasteiger partial charge in [-0.2, -0.15) is 4.68 Å². The first-order chi connectivity index (χ1) is 10.1. The van der Waals surface area contributed by atoms with Crippen LogP contribution in [0.2, 0.25) is 5.02 Å². The molecule has 2 aromatic carbocycles. The number of halogens is 3. The van der Waals surface area contributed by atoms with Crippen LogP contribution in [-0.2, 0) is 0 Å². The number of hydrogen-bond donors (Lipinski definition) is 1. The second-order valence-electron chi connectivity index (χ2n) is 4.22. The maximum absolute atomic E-state index is 13.7. The zero-order valence-corrected chi connectivity index (χ0v) is 12.8. The molecule has 0 radical (unpaired) electrons. The standard InChI is InChI=1S/C13H8BrClFN5/c14-9-5-4-7(6-10(9)16)21-13(18-19-20-21)8-2-1-3-11(17)12(8)15/h1-6H,17H2. The first-order valence-corrected chi connectivity index (χ1v) is 7.03. The third-order valence-electron chi connectivity index (χ3n) is 2.89. The molecule has 1 heterocycles. The molecule has 106 valence electrons. The van der Waals surface area contributed by atoms with E-state index in [4.69, 9.17) is 17.3 Å². The molecule has 5 nitrogen and oxygen atoms in total. The van der Waals surface area contributed by atoms with E-state index in [0.29, 0.717) is 32.3 Å². The first-order valence-electron chi connectivity index (χ1n) is 5.86. The molecule has 0 atom stereocenters. The Morgan fingerprint density at radius 2 is 2.05 bits per heavy atom. The molecule has 0 saturated carbocycles. The van der Waals surface area contributed by atoms with E-state index < -0.39 is 5.82 Å². The van der Waals surface area contributed by atoms with Gasteiger partial charge in [-0.1, -0.05) is 17.7 Å². The van der Waals surface area contributed by atoms with E-state index in [1.807, 2.05) is 0 Å². The molecule has 0 aliphatic carbocycles. The lowest BCUT2D eigenvalue weighted by Gasteiger charge is -2.08. The van der Waals surface area contributed by atoms with E-state index in [2.05, 4.69) is 31.5 Å². The highest BCUT2D eigenvalue weighted by Crippen LogP contribution is 2.31. The van der Waals surface area contributed by atoms with E-state index in [-0.39, 0.29) is 0 Å². The van der Waals surface area contributed by atoms with E-state index >= 15 is 0 Å². The van der Waals surface area contributed by atoms with Gasteiger partial charge in [-0.05, 0) is 50.6 Å². The first kappa shape index (κ1) is 14.0. The highest BCUT2D eigenvalue weighted by Gasteiger charge is 2.16. The fourth-order valence-corrected chi connectivity index (χ4v) is 2.33. The topological polar surface area (TPSA) is 69.6 Å². The maximum atomic E-state index is 13.7. The fraction of sp³-hybridized carbons (Fsp3) is 0. The Bertz CT molecular complexity index is 820. The minimum atomic E-state index is -0.410. The number of nitrogen functional groups attached to an aromatic ring is 1. The summed E-state index contributed by atoms with van der Waals surface area (Å²) in [7, 11) is 0. The number of hydrogen-bond acceptors (Lipinski definition) is 4. The van der Waals surface area contributed by atoms with Crippen molar-refractivity contribution in [2.45, 2.75) is 0 Å². The van der Waals surface area contributed by atoms with Crippen LogP contribution < -0.4 is 5.73 Å². The predicted octanol–water partition coefficient (Wildman–Crippen LogP) is 3.47. The number of nitrogens with two attached hydrogens (primary N) is 1. The molecule has 0 aliphatic rings. The Morgan fingerprint density at radius 3 is 2.81 bits per heavy atom. The number of rotatable bonds is 2. The minimum absolute atomic E-state index is 0.353. The molecule has 0 saturated heterocycles. The molecule has 3 aromatic rings. The average molecular weight is 369 g/mol. The van der Waals surface area contributed by atoms with E-state index in [0.717, 1.165) is 0 Å². The summed E-state index contributed by atoms with van der Waals surface area (Å²) in [5.74, 6) is -0.0263. The van der Waals surface area contributed by atoms with Gasteiger partial charge in [0.15, 0.2) is 5.82 Å². The van der Waals surface area contributed by atoms with Crippen molar-refractivity contribution in [2.24, 2.45) is 0 Å². The van der Waals surface area contributed by atoms with Crippen molar-refractivity contribution in [3.63, 3.8) is 0 Å². The Labute approximate surface area is 132 Å². The van der Waals surface area contributed by atoms with Crippen LogP contribution in [0, 0.1) is 5.82 Å². The molecular formula is C13H8BrClFN5. The molecule has 0 bridgehead atoms. The van der Waals surface area contributed by atoms with Gasteiger partial charge in [0.1, 0.15) is 5.82 Å². The van der Waals surface area contributed by atoms with E-state index in [1.54, 1.807) is 30.3 Å². The Kier molecular flexibility index (Phi) is 3.60. The van der Waals surface area contributed by atoms with Crippen molar-refractivity contribution in [1.29, 1.82) is 0 Å². The zero-order chi connectivity index (χ0) is 15.0. The molecule has 0 unspecified atom stereocenters. The number of benzene rings is 2. The number of nitrogens with zero attached hydrogens (tertiary/aromatic N) is 4. The van der Waals surface area contributed by atoms with Crippen molar-refractivity contribution < 1.29 is 4.39 Å². The quantitative estimate of drug-likeness (QED) is 0.703. The van der Waals surface area contributed by atoms with Crippen LogP contribution in [0.1, 0.15) is 0 Å². The van der Waals surface area contributed by atoms with Crippen LogP contribution in [0.25, 0.3) is 17.1 Å². The molecule has 21 heavy (non-hydrogen) atoms. The second kappa shape index (κ2) is 5.42. The molecule has 1 aromatic heterocycles. The van der Waals surface area contributed by atoms with Gasteiger partial charge >= 0.3 is 0 Å². The normalized spacial score (nSPS) is 10.8. The zero-order valence-electron chi connectivity index (χ0n) is 10.5. The van der Waals surface area contributed by atoms with Crippen LogP contribution in [0.15, 0.2) is 40.9 Å². The van der Waals surface area contributed by atoms with Gasteiger partial charge in [0.05, 0.1) is 20.9 Å². The van der Waals surface area contributed by atoms with Crippen LogP contribution in [-0.4, -0.2) is 20.2 Å². The van der Waals surface area contributed by atoms with Gasteiger partial charge in [0.25, 0.3) is 0 Å². The molecule has 0 amide bonds. The van der Waals surface area contributed by atoms with E-state index in [1.165, 1.54) is 10.7 Å². The Morgan fingerprint density at radius 1 is 1.24 bits per heavy atom. The Hall–Kier alpha value is -1.99. The predicted molar refractivity (Wildman–Crippen MR) is 81.7 cm³/mol. The third kappa shape index (κ3) is 2.50. The third-order valence-corrected chi connectivity index (χ3v) is 3.95. The lowest BCUT2D eigenvalue weighted by Crippen LogP contribution is -2.01. The van der Waals surface area contributed by atoms with Crippen molar-refractivity contribution in [1.82, 2.24) is 20.2 Å². The molecule has 0 fully saturated rings. The SMILES string of the molecule is Nc1cccc(-c2nnnn2-c2ccc(Br)c(F)c2)c1Cl. The highest BCUT2D eigenvalue weighted by atomic mass is 79.9. The fourth-order valence-electron chi connectivity index (χ4n) is 1.87. The van der Waals surface area contributed by atoms with Crippen LogP contribution >= 0.6 is 27.5 Å². The summed E-state index contributed by atoms with van der Waals surface area (Å²) in [6.07, 6.45) is 0. The number of tetrazole rings is 1. The second-order valence-corrected chi connectivity index (χ2v) is 5.45. The molecular weight excluding hydrogens is 361 g/mol. The molecule has 8 heteroatoms. The van der Waals surface area contributed by atoms with Crippen molar-refractivity contribution in [2.75, 3.05) is 5.73 Å². The number of aromatic nitrogens is 4. The summed E-state index contributed by atoms with van der Waals surface area (Å²) < 4.78 is 15.4. The summed E-state index contributed by atoms with van der Waals surface area (Å²) in [5, 5.41) is 11.8. The number of anilines is 1. The summed E-state index contributed by atoms with van der Waals surface area (Å²) in [6, 6.07) is 9.77. The van der Waals surface area contributed by atoms with Gasteiger partial charge in [-0.25, -0.2) is 4.39 Å². The molecule has 0 aliphatic heterocycles. The average Bonchev–Trinajstić information content (AvgIpc) is 2.94. The summed E-state index contributed by atoms with van der Waals surface area (Å²) in [5.41, 5.74) is 7.26. The van der Waals surface area contributed by atoms with Crippen LogP contribution in [0.5, 0.6) is 0 Å². The van der Waals surface area contributed by atoms with E-state index in [9.17, 15) is 4.39 Å². The van der Waals surface area contributed by atoms with Crippen molar-refractivity contribution in [3.8, 4) is 17.1 Å². The highest BCUT2D eigenvalue weighted by molar-refractivity contribution is 9.10. The van der Waals surface area contributed by atoms with Crippen LogP contribution in [0.4, 0.5) is 10.1 Å². The van der Waals surface area contributed by atoms with Gasteiger partial charge in [-0.15, -0.1) is 5.10 Å². The largest absolute Gasteiger partial charge is 0.398 e. The van der Waals surface area contributed by atoms with Crippen LogP contribution in [0.3, 0.4) is 0 Å². The smallest absolute Gasteiger partial charge is 0.188 e.